The van der Waals surface area contributed by atoms with Gasteiger partial charge in [0.05, 0.1) is 0 Å². The third-order valence-electron chi connectivity index (χ3n) is 4.05. The maximum absolute atomic E-state index is 9.14. The molecule has 0 aliphatic rings. The number of aliphatic hydroxyl groups excluding tert-OH is 2. The molecule has 2 atom stereocenters. The summed E-state index contributed by atoms with van der Waals surface area (Å²) in [5, 5.41) is 18.1. The molecule has 0 spiro atoms. The highest BCUT2D eigenvalue weighted by Crippen LogP contribution is 2.22. The first-order valence-electron chi connectivity index (χ1n) is 8.00. The van der Waals surface area contributed by atoms with Crippen LogP contribution < -0.4 is 0 Å². The van der Waals surface area contributed by atoms with Gasteiger partial charge in [-0.2, -0.15) is 0 Å². The van der Waals surface area contributed by atoms with Gasteiger partial charge in [-0.25, -0.2) is 0 Å². The molecule has 0 amide bonds. The summed E-state index contributed by atoms with van der Waals surface area (Å²) in [6.45, 7) is 5.09. The molecule has 0 aliphatic heterocycles. The molecule has 0 saturated carbocycles. The zero-order valence-electron chi connectivity index (χ0n) is 12.5. The van der Waals surface area contributed by atoms with E-state index in [1.54, 1.807) is 0 Å². The van der Waals surface area contributed by atoms with E-state index in [4.69, 9.17) is 10.2 Å². The molecule has 0 aromatic carbocycles. The summed E-state index contributed by atoms with van der Waals surface area (Å²) in [5.74, 6) is 1.32. The Kier molecular flexibility index (Phi) is 13.3. The van der Waals surface area contributed by atoms with Crippen molar-refractivity contribution in [1.29, 1.82) is 0 Å². The van der Waals surface area contributed by atoms with E-state index in [0.29, 0.717) is 19.1 Å². The number of hydrogen-bond donors (Lipinski definition) is 2. The second kappa shape index (κ2) is 13.4. The van der Waals surface area contributed by atoms with Crippen LogP contribution in [0.5, 0.6) is 0 Å². The van der Waals surface area contributed by atoms with Gasteiger partial charge in [0, 0.05) is 13.2 Å². The molecule has 0 aromatic rings. The van der Waals surface area contributed by atoms with Gasteiger partial charge >= 0.3 is 0 Å². The average molecular weight is 258 g/mol. The average Bonchev–Trinajstić information content (AvgIpc) is 2.41. The number of aliphatic hydroxyl groups is 2. The molecule has 0 aliphatic carbocycles. The van der Waals surface area contributed by atoms with Crippen LogP contribution in [0.15, 0.2) is 0 Å². The fourth-order valence-corrected chi connectivity index (χ4v) is 2.60. The van der Waals surface area contributed by atoms with E-state index in [0.717, 1.165) is 18.8 Å². The largest absolute Gasteiger partial charge is 0.396 e. The van der Waals surface area contributed by atoms with Crippen molar-refractivity contribution < 1.29 is 10.2 Å². The Bertz CT molecular complexity index is 147. The minimum Gasteiger partial charge on any atom is -0.396 e. The molecule has 110 valence electrons. The minimum absolute atomic E-state index is 0.338. The molecular weight excluding hydrogens is 224 g/mol. The molecule has 2 nitrogen and oxygen atoms in total. The lowest BCUT2D eigenvalue weighted by Gasteiger charge is -2.17. The van der Waals surface area contributed by atoms with Gasteiger partial charge in [-0.3, -0.25) is 0 Å². The first-order chi connectivity index (χ1) is 8.78. The van der Waals surface area contributed by atoms with Gasteiger partial charge < -0.3 is 10.2 Å². The first kappa shape index (κ1) is 17.9. The Labute approximate surface area is 114 Å². The molecule has 0 saturated heterocycles. The van der Waals surface area contributed by atoms with Crippen LogP contribution in [0.2, 0.25) is 0 Å². The van der Waals surface area contributed by atoms with Crippen molar-refractivity contribution in [3.05, 3.63) is 0 Å². The highest BCUT2D eigenvalue weighted by molar-refractivity contribution is 4.62. The molecule has 0 rings (SSSR count). The predicted octanol–water partition coefficient (Wildman–Crippen LogP) is 4.14. The van der Waals surface area contributed by atoms with Crippen molar-refractivity contribution >= 4 is 0 Å². The lowest BCUT2D eigenvalue weighted by Crippen LogP contribution is -2.06. The summed E-state index contributed by atoms with van der Waals surface area (Å²) in [4.78, 5) is 0. The quantitative estimate of drug-likeness (QED) is 0.487. The van der Waals surface area contributed by atoms with Crippen LogP contribution in [0.3, 0.4) is 0 Å². The van der Waals surface area contributed by atoms with Crippen LogP contribution in [0, 0.1) is 11.8 Å². The minimum atomic E-state index is 0.338. The normalized spacial score (nSPS) is 14.7. The Morgan fingerprint density at radius 1 is 0.722 bits per heavy atom. The predicted molar refractivity (Wildman–Crippen MR) is 78.7 cm³/mol. The van der Waals surface area contributed by atoms with Crippen LogP contribution in [-0.2, 0) is 0 Å². The van der Waals surface area contributed by atoms with Crippen LogP contribution in [-0.4, -0.2) is 23.4 Å². The molecule has 18 heavy (non-hydrogen) atoms. The molecular formula is C16H34O2. The van der Waals surface area contributed by atoms with E-state index in [-0.39, 0.29) is 0 Å². The molecule has 0 fully saturated rings. The van der Waals surface area contributed by atoms with Gasteiger partial charge in [-0.1, -0.05) is 58.8 Å². The lowest BCUT2D eigenvalue weighted by atomic mass is 9.90. The van der Waals surface area contributed by atoms with Gasteiger partial charge in [0.15, 0.2) is 0 Å². The van der Waals surface area contributed by atoms with E-state index in [2.05, 4.69) is 13.8 Å². The van der Waals surface area contributed by atoms with Crippen molar-refractivity contribution in [2.24, 2.45) is 11.8 Å². The van der Waals surface area contributed by atoms with E-state index in [1.165, 1.54) is 51.4 Å². The molecule has 2 heteroatoms. The van der Waals surface area contributed by atoms with Crippen molar-refractivity contribution in [2.75, 3.05) is 13.2 Å². The Hall–Kier alpha value is -0.0800. The maximum Gasteiger partial charge on any atom is 0.0459 e. The van der Waals surface area contributed by atoms with Gasteiger partial charge in [-0.15, -0.1) is 0 Å². The number of rotatable bonds is 13. The fourth-order valence-electron chi connectivity index (χ4n) is 2.60. The van der Waals surface area contributed by atoms with Gasteiger partial charge in [0.1, 0.15) is 0 Å². The zero-order valence-corrected chi connectivity index (χ0v) is 12.5. The molecule has 0 heterocycles. The van der Waals surface area contributed by atoms with Crippen LogP contribution in [0.1, 0.15) is 78.1 Å². The lowest BCUT2D eigenvalue weighted by molar-refractivity contribution is 0.210. The summed E-state index contributed by atoms with van der Waals surface area (Å²) in [6.07, 6.45) is 12.2. The fraction of sp³-hybridized carbons (Fsp3) is 1.00. The maximum atomic E-state index is 9.14. The van der Waals surface area contributed by atoms with Crippen LogP contribution in [0.4, 0.5) is 0 Å². The molecule has 2 unspecified atom stereocenters. The Morgan fingerprint density at radius 2 is 1.28 bits per heavy atom. The summed E-state index contributed by atoms with van der Waals surface area (Å²) in [6, 6.07) is 0. The Morgan fingerprint density at radius 3 is 1.78 bits per heavy atom. The topological polar surface area (TPSA) is 40.5 Å². The SMILES string of the molecule is CCCCC(CCCO)CCCCC(CC)CO. The molecule has 0 aromatic heterocycles. The summed E-state index contributed by atoms with van der Waals surface area (Å²) in [7, 11) is 0. The number of unbranched alkanes of at least 4 members (excludes halogenated alkanes) is 2. The third kappa shape index (κ3) is 9.90. The molecule has 0 bridgehead atoms. The first-order valence-corrected chi connectivity index (χ1v) is 8.00. The number of hydrogen-bond acceptors (Lipinski definition) is 2. The van der Waals surface area contributed by atoms with Crippen LogP contribution >= 0.6 is 0 Å². The molecule has 2 N–H and O–H groups in total. The monoisotopic (exact) mass is 258 g/mol. The van der Waals surface area contributed by atoms with Gasteiger partial charge in [-0.05, 0) is 31.1 Å². The van der Waals surface area contributed by atoms with E-state index in [9.17, 15) is 0 Å². The summed E-state index contributed by atoms with van der Waals surface area (Å²) < 4.78 is 0. The summed E-state index contributed by atoms with van der Waals surface area (Å²) >= 11 is 0. The summed E-state index contributed by atoms with van der Waals surface area (Å²) in [5.41, 5.74) is 0. The van der Waals surface area contributed by atoms with Crippen LogP contribution in [0.25, 0.3) is 0 Å². The zero-order chi connectivity index (χ0) is 13.6. The third-order valence-corrected chi connectivity index (χ3v) is 4.05. The van der Waals surface area contributed by atoms with Gasteiger partial charge in [0.25, 0.3) is 0 Å². The van der Waals surface area contributed by atoms with Crippen molar-refractivity contribution in [1.82, 2.24) is 0 Å². The second-order valence-electron chi connectivity index (χ2n) is 5.62. The van der Waals surface area contributed by atoms with E-state index >= 15 is 0 Å². The highest BCUT2D eigenvalue weighted by atomic mass is 16.3. The van der Waals surface area contributed by atoms with E-state index < -0.39 is 0 Å². The van der Waals surface area contributed by atoms with Crippen molar-refractivity contribution in [3.63, 3.8) is 0 Å². The van der Waals surface area contributed by atoms with Crippen molar-refractivity contribution in [2.45, 2.75) is 78.1 Å². The standard InChI is InChI=1S/C16H34O2/c1-3-5-9-16(12-8-13-17)11-7-6-10-15(4-2)14-18/h15-18H,3-14H2,1-2H3. The molecule has 0 radical (unpaired) electrons. The Balaban J connectivity index is 3.66. The van der Waals surface area contributed by atoms with Gasteiger partial charge in [0.2, 0.25) is 0 Å². The van der Waals surface area contributed by atoms with Crippen molar-refractivity contribution in [3.8, 4) is 0 Å². The smallest absolute Gasteiger partial charge is 0.0459 e. The highest BCUT2D eigenvalue weighted by Gasteiger charge is 2.09. The second-order valence-corrected chi connectivity index (χ2v) is 5.62. The van der Waals surface area contributed by atoms with E-state index in [1.807, 2.05) is 0 Å².